The van der Waals surface area contributed by atoms with E-state index < -0.39 is 9.84 Å². The summed E-state index contributed by atoms with van der Waals surface area (Å²) in [5.74, 6) is 0.258. The number of hydrogen-bond donors (Lipinski definition) is 1. The molecule has 2 fully saturated rings. The van der Waals surface area contributed by atoms with Gasteiger partial charge in [-0.25, -0.2) is 8.42 Å². The molecule has 0 aromatic heterocycles. The number of ether oxygens (including phenoxy) is 1. The van der Waals surface area contributed by atoms with Crippen LogP contribution in [0, 0.1) is 0 Å². The van der Waals surface area contributed by atoms with E-state index in [9.17, 15) is 13.2 Å². The van der Waals surface area contributed by atoms with Crippen molar-refractivity contribution in [2.24, 2.45) is 0 Å². The van der Waals surface area contributed by atoms with E-state index in [0.29, 0.717) is 19.5 Å². The zero-order chi connectivity index (χ0) is 16.2. The lowest BCUT2D eigenvalue weighted by Gasteiger charge is -2.31. The Balaban J connectivity index is 1.75. The number of sulfone groups is 1. The molecule has 0 spiro atoms. The van der Waals surface area contributed by atoms with Gasteiger partial charge in [0.15, 0.2) is 9.84 Å². The predicted molar refractivity (Wildman–Crippen MR) is 84.6 cm³/mol. The topological polar surface area (TPSA) is 79.0 Å². The van der Waals surface area contributed by atoms with Gasteiger partial charge in [-0.1, -0.05) is 0 Å². The van der Waals surface area contributed by atoms with Crippen LogP contribution >= 0.6 is 0 Å². The SMILES string of the molecule is CCN(C(=O)CNC[C@H]1CN(C)CCO1)[C@@H]1CCS(=O)(=O)C1. The van der Waals surface area contributed by atoms with Gasteiger partial charge in [-0.15, -0.1) is 0 Å². The van der Waals surface area contributed by atoms with Gasteiger partial charge in [-0.3, -0.25) is 4.79 Å². The highest BCUT2D eigenvalue weighted by Gasteiger charge is 2.33. The Morgan fingerprint density at radius 1 is 1.45 bits per heavy atom. The summed E-state index contributed by atoms with van der Waals surface area (Å²) >= 11 is 0. The van der Waals surface area contributed by atoms with E-state index in [4.69, 9.17) is 4.74 Å². The smallest absolute Gasteiger partial charge is 0.236 e. The molecule has 0 aliphatic carbocycles. The van der Waals surface area contributed by atoms with Crippen LogP contribution in [0.4, 0.5) is 0 Å². The monoisotopic (exact) mass is 333 g/mol. The second kappa shape index (κ2) is 7.72. The van der Waals surface area contributed by atoms with Gasteiger partial charge < -0.3 is 19.9 Å². The maximum atomic E-state index is 12.3. The largest absolute Gasteiger partial charge is 0.374 e. The average Bonchev–Trinajstić information content (AvgIpc) is 2.80. The molecule has 1 N–H and O–H groups in total. The summed E-state index contributed by atoms with van der Waals surface area (Å²) in [5.41, 5.74) is 0. The summed E-state index contributed by atoms with van der Waals surface area (Å²) in [6, 6.07) is -0.165. The minimum atomic E-state index is -2.97. The number of carbonyl (C=O) groups is 1. The second-order valence-corrected chi connectivity index (χ2v) is 8.35. The van der Waals surface area contributed by atoms with E-state index in [1.54, 1.807) is 4.90 Å². The van der Waals surface area contributed by atoms with Crippen LogP contribution in [0.2, 0.25) is 0 Å². The third-order valence-electron chi connectivity index (χ3n) is 4.30. The molecule has 0 saturated carbocycles. The van der Waals surface area contributed by atoms with E-state index >= 15 is 0 Å². The Morgan fingerprint density at radius 2 is 2.23 bits per heavy atom. The molecule has 1 amide bonds. The zero-order valence-electron chi connectivity index (χ0n) is 13.5. The molecule has 2 aliphatic rings. The van der Waals surface area contributed by atoms with Crippen molar-refractivity contribution in [3.05, 3.63) is 0 Å². The summed E-state index contributed by atoms with van der Waals surface area (Å²) in [6.07, 6.45) is 0.659. The molecule has 0 radical (unpaired) electrons. The molecule has 0 bridgehead atoms. The Labute approximate surface area is 132 Å². The van der Waals surface area contributed by atoms with Crippen molar-refractivity contribution < 1.29 is 17.9 Å². The van der Waals surface area contributed by atoms with E-state index in [1.165, 1.54) is 0 Å². The molecular formula is C14H27N3O4S. The van der Waals surface area contributed by atoms with Gasteiger partial charge in [0, 0.05) is 32.2 Å². The Bertz CT molecular complexity index is 482. The van der Waals surface area contributed by atoms with Crippen molar-refractivity contribution in [2.75, 3.05) is 57.9 Å². The Morgan fingerprint density at radius 3 is 2.82 bits per heavy atom. The molecule has 2 atom stereocenters. The highest BCUT2D eigenvalue weighted by molar-refractivity contribution is 7.91. The predicted octanol–water partition coefficient (Wildman–Crippen LogP) is -1.06. The van der Waals surface area contributed by atoms with Crippen molar-refractivity contribution in [3.8, 4) is 0 Å². The van der Waals surface area contributed by atoms with E-state index in [2.05, 4.69) is 17.3 Å². The lowest BCUT2D eigenvalue weighted by molar-refractivity contribution is -0.132. The maximum Gasteiger partial charge on any atom is 0.236 e. The minimum Gasteiger partial charge on any atom is -0.374 e. The summed E-state index contributed by atoms with van der Waals surface area (Å²) in [5, 5.41) is 3.14. The van der Waals surface area contributed by atoms with Crippen molar-refractivity contribution in [3.63, 3.8) is 0 Å². The number of carbonyl (C=O) groups excluding carboxylic acids is 1. The van der Waals surface area contributed by atoms with Crippen LogP contribution in [-0.2, 0) is 19.4 Å². The number of nitrogens with zero attached hydrogens (tertiary/aromatic N) is 2. The molecule has 7 nitrogen and oxygen atoms in total. The van der Waals surface area contributed by atoms with Crippen LogP contribution in [0.15, 0.2) is 0 Å². The van der Waals surface area contributed by atoms with Gasteiger partial charge in [0.25, 0.3) is 0 Å². The summed E-state index contributed by atoms with van der Waals surface area (Å²) < 4.78 is 28.8. The number of morpholine rings is 1. The number of amides is 1. The van der Waals surface area contributed by atoms with Gasteiger partial charge in [-0.05, 0) is 20.4 Å². The van der Waals surface area contributed by atoms with Crippen LogP contribution in [-0.4, -0.2) is 94.2 Å². The Hall–Kier alpha value is -0.700. The van der Waals surface area contributed by atoms with Crippen molar-refractivity contribution >= 4 is 15.7 Å². The standard InChI is InChI=1S/C14H27N3O4S/c1-3-17(12-4-7-22(19,20)11-12)14(18)9-15-8-13-10-16(2)5-6-21-13/h12-13,15H,3-11H2,1-2H3/t12-,13+/m1/s1. The minimum absolute atomic E-state index is 0.0336. The molecule has 128 valence electrons. The highest BCUT2D eigenvalue weighted by Crippen LogP contribution is 2.17. The quantitative estimate of drug-likeness (QED) is 0.668. The first-order chi connectivity index (χ1) is 10.4. The van der Waals surface area contributed by atoms with Crippen LogP contribution in [0.3, 0.4) is 0 Å². The van der Waals surface area contributed by atoms with Gasteiger partial charge in [0.1, 0.15) is 0 Å². The number of rotatable bonds is 6. The molecule has 2 aliphatic heterocycles. The molecule has 0 unspecified atom stereocenters. The number of likely N-dealkylation sites (N-methyl/N-ethyl adjacent to an activating group) is 2. The summed E-state index contributed by atoms with van der Waals surface area (Å²) in [6.45, 7) is 5.82. The fourth-order valence-corrected chi connectivity index (χ4v) is 4.82. The van der Waals surface area contributed by atoms with Crippen LogP contribution in [0.5, 0.6) is 0 Å². The normalized spacial score (nSPS) is 28.6. The molecule has 0 aromatic carbocycles. The van der Waals surface area contributed by atoms with Gasteiger partial charge >= 0.3 is 0 Å². The molecular weight excluding hydrogens is 306 g/mol. The van der Waals surface area contributed by atoms with E-state index in [0.717, 1.165) is 19.7 Å². The first-order valence-electron chi connectivity index (χ1n) is 7.92. The Kier molecular flexibility index (Phi) is 6.19. The first-order valence-corrected chi connectivity index (χ1v) is 9.74. The highest BCUT2D eigenvalue weighted by atomic mass is 32.2. The van der Waals surface area contributed by atoms with Crippen LogP contribution in [0.25, 0.3) is 0 Å². The molecule has 2 saturated heterocycles. The number of hydrogen-bond acceptors (Lipinski definition) is 6. The maximum absolute atomic E-state index is 12.3. The van der Waals surface area contributed by atoms with Gasteiger partial charge in [0.05, 0.1) is 30.8 Å². The van der Waals surface area contributed by atoms with Crippen molar-refractivity contribution in [2.45, 2.75) is 25.5 Å². The van der Waals surface area contributed by atoms with E-state index in [1.807, 2.05) is 6.92 Å². The van der Waals surface area contributed by atoms with E-state index in [-0.39, 0.29) is 36.1 Å². The molecule has 2 heterocycles. The lowest BCUT2D eigenvalue weighted by atomic mass is 10.2. The molecule has 2 rings (SSSR count). The molecule has 22 heavy (non-hydrogen) atoms. The van der Waals surface area contributed by atoms with Crippen molar-refractivity contribution in [1.29, 1.82) is 0 Å². The summed E-state index contributed by atoms with van der Waals surface area (Å²) in [4.78, 5) is 16.2. The third-order valence-corrected chi connectivity index (χ3v) is 6.05. The third kappa shape index (κ3) is 4.91. The average molecular weight is 333 g/mol. The lowest BCUT2D eigenvalue weighted by Crippen LogP contribution is -2.48. The molecule has 8 heteroatoms. The molecule has 0 aromatic rings. The fraction of sp³-hybridized carbons (Fsp3) is 0.929. The van der Waals surface area contributed by atoms with Crippen LogP contribution in [0.1, 0.15) is 13.3 Å². The number of nitrogens with one attached hydrogen (secondary N) is 1. The first kappa shape index (κ1) is 17.7. The van der Waals surface area contributed by atoms with Gasteiger partial charge in [0.2, 0.25) is 5.91 Å². The van der Waals surface area contributed by atoms with Crippen LogP contribution < -0.4 is 5.32 Å². The summed E-state index contributed by atoms with van der Waals surface area (Å²) in [7, 11) is -0.912. The second-order valence-electron chi connectivity index (χ2n) is 6.12. The van der Waals surface area contributed by atoms with Crippen molar-refractivity contribution in [1.82, 2.24) is 15.1 Å². The van der Waals surface area contributed by atoms with Gasteiger partial charge in [-0.2, -0.15) is 0 Å². The zero-order valence-corrected chi connectivity index (χ0v) is 14.3. The fourth-order valence-electron chi connectivity index (χ4n) is 3.09.